The highest BCUT2D eigenvalue weighted by molar-refractivity contribution is 7.22. The number of thiophene rings is 2. The first-order valence-corrected chi connectivity index (χ1v) is 11.1. The molecule has 0 aliphatic rings. The lowest BCUT2D eigenvalue weighted by Gasteiger charge is -2.07. The minimum atomic E-state index is -1.13. The fourth-order valence-electron chi connectivity index (χ4n) is 3.49. The highest BCUT2D eigenvalue weighted by atomic mass is 32.1. The molecular weight excluding hydrogens is 448 g/mol. The van der Waals surface area contributed by atoms with Gasteiger partial charge in [0.25, 0.3) is 0 Å². The van der Waals surface area contributed by atoms with Gasteiger partial charge in [-0.1, -0.05) is 0 Å². The van der Waals surface area contributed by atoms with Gasteiger partial charge in [0.15, 0.2) is 0 Å². The number of rotatable bonds is 4. The van der Waals surface area contributed by atoms with Crippen LogP contribution in [0.1, 0.15) is 15.2 Å². The Labute approximate surface area is 189 Å². The number of carbonyl (C=O) groups is 2. The Hall–Kier alpha value is -3.76. The molecule has 32 heavy (non-hydrogen) atoms. The summed E-state index contributed by atoms with van der Waals surface area (Å²) in [5.74, 6) is 1.41. The Morgan fingerprint density at radius 2 is 1.94 bits per heavy atom. The average molecular weight is 465 g/mol. The zero-order valence-electron chi connectivity index (χ0n) is 17.0. The van der Waals surface area contributed by atoms with Crippen LogP contribution in [0.3, 0.4) is 0 Å². The van der Waals surface area contributed by atoms with Crippen LogP contribution in [0.2, 0.25) is 0 Å². The third kappa shape index (κ3) is 3.49. The van der Waals surface area contributed by atoms with E-state index in [2.05, 4.69) is 14.7 Å². The number of esters is 1. The number of hydrogen-bond acceptors (Lipinski definition) is 8. The van der Waals surface area contributed by atoms with Gasteiger partial charge in [-0.2, -0.15) is 0 Å². The summed E-state index contributed by atoms with van der Waals surface area (Å²) >= 11 is 2.97. The van der Waals surface area contributed by atoms with Crippen LogP contribution in [0, 0.1) is 6.92 Å². The van der Waals surface area contributed by atoms with Gasteiger partial charge in [-0.05, 0) is 31.2 Å². The molecule has 0 fully saturated rings. The molecule has 0 atom stereocenters. The summed E-state index contributed by atoms with van der Waals surface area (Å²) in [5, 5.41) is 0.680. The highest BCUT2D eigenvalue weighted by Gasteiger charge is 2.20. The van der Waals surface area contributed by atoms with Gasteiger partial charge in [-0.3, -0.25) is 4.98 Å². The number of aryl methyl sites for hydroxylation is 2. The second kappa shape index (κ2) is 7.74. The molecule has 0 saturated heterocycles. The van der Waals surface area contributed by atoms with Crippen molar-refractivity contribution >= 4 is 55.0 Å². The predicted molar refractivity (Wildman–Crippen MR) is 123 cm³/mol. The molecule has 10 heteroatoms. The number of pyridine rings is 1. The number of amides is 1. The second-order valence-corrected chi connectivity index (χ2v) is 9.31. The van der Waals surface area contributed by atoms with Gasteiger partial charge in [-0.15, -0.1) is 22.7 Å². The Balaban J connectivity index is 1.51. The molecule has 4 aromatic heterocycles. The smallest absolute Gasteiger partial charge is 0.412 e. The van der Waals surface area contributed by atoms with E-state index in [1.165, 1.54) is 11.3 Å². The van der Waals surface area contributed by atoms with Gasteiger partial charge in [0.2, 0.25) is 0 Å². The fraction of sp³-hybridized carbons (Fsp3) is 0.0909. The number of carbonyl (C=O) groups excluding carboxylic acids is 2. The van der Waals surface area contributed by atoms with Crippen LogP contribution in [0.4, 0.5) is 4.79 Å². The molecule has 1 aromatic carbocycles. The van der Waals surface area contributed by atoms with Crippen molar-refractivity contribution in [1.82, 2.24) is 14.5 Å². The number of nitrogens with zero attached hydrogens (tertiary/aromatic N) is 3. The van der Waals surface area contributed by atoms with Crippen LogP contribution >= 0.6 is 22.7 Å². The Bertz CT molecular complexity index is 1520. The quantitative estimate of drug-likeness (QED) is 0.287. The number of ether oxygens (including phenoxy) is 2. The number of primary amides is 1. The minimum absolute atomic E-state index is 0.333. The normalized spacial score (nSPS) is 11.2. The summed E-state index contributed by atoms with van der Waals surface area (Å²) in [4.78, 5) is 33.8. The zero-order chi connectivity index (χ0) is 22.4. The molecular formula is C22H16N4O4S2. The van der Waals surface area contributed by atoms with E-state index in [-0.39, 0.29) is 0 Å². The van der Waals surface area contributed by atoms with Gasteiger partial charge in [-0.25, -0.2) is 14.6 Å². The van der Waals surface area contributed by atoms with E-state index in [1.807, 2.05) is 36.0 Å². The van der Waals surface area contributed by atoms with Gasteiger partial charge >= 0.3 is 12.1 Å². The lowest BCUT2D eigenvalue weighted by atomic mass is 10.1. The average Bonchev–Trinajstić information content (AvgIpc) is 3.43. The molecule has 0 saturated carbocycles. The second-order valence-electron chi connectivity index (χ2n) is 7.00. The fourth-order valence-corrected chi connectivity index (χ4v) is 5.68. The van der Waals surface area contributed by atoms with Crippen molar-refractivity contribution in [3.8, 4) is 22.2 Å². The van der Waals surface area contributed by atoms with E-state index in [1.54, 1.807) is 42.8 Å². The van der Waals surface area contributed by atoms with E-state index >= 15 is 0 Å². The molecule has 5 rings (SSSR count). The van der Waals surface area contributed by atoms with Crippen LogP contribution < -0.4 is 10.5 Å². The van der Waals surface area contributed by atoms with E-state index in [9.17, 15) is 9.59 Å². The maximum absolute atomic E-state index is 12.2. The summed E-state index contributed by atoms with van der Waals surface area (Å²) in [6, 6.07) is 9.22. The molecule has 0 unspecified atom stereocenters. The summed E-state index contributed by atoms with van der Waals surface area (Å²) in [5.41, 5.74) is 6.14. The van der Waals surface area contributed by atoms with Crippen molar-refractivity contribution in [1.29, 1.82) is 0 Å². The number of nitrogens with two attached hydrogens (primary N) is 1. The molecule has 0 aliphatic carbocycles. The first-order chi connectivity index (χ1) is 15.4. The SMILES string of the molecule is Cc1sc2cc(Oc3ccnc4cc(-c5nccn5C)sc34)ccc2c1C(=O)OC(N)=O. The highest BCUT2D eigenvalue weighted by Crippen LogP contribution is 2.40. The molecule has 1 amide bonds. The number of benzene rings is 1. The molecule has 8 nitrogen and oxygen atoms in total. The Morgan fingerprint density at radius 1 is 1.09 bits per heavy atom. The summed E-state index contributed by atoms with van der Waals surface area (Å²) in [6.45, 7) is 1.79. The van der Waals surface area contributed by atoms with E-state index in [0.717, 1.165) is 30.5 Å². The van der Waals surface area contributed by atoms with Crippen molar-refractivity contribution in [3.05, 3.63) is 59.4 Å². The molecule has 5 aromatic rings. The monoisotopic (exact) mass is 464 g/mol. The van der Waals surface area contributed by atoms with Gasteiger partial charge in [0.05, 0.1) is 20.7 Å². The molecule has 0 aliphatic heterocycles. The van der Waals surface area contributed by atoms with Crippen molar-refractivity contribution in [3.63, 3.8) is 0 Å². The van der Waals surface area contributed by atoms with Crippen molar-refractivity contribution in [2.45, 2.75) is 6.92 Å². The lowest BCUT2D eigenvalue weighted by molar-refractivity contribution is 0.0640. The number of aromatic nitrogens is 3. The van der Waals surface area contributed by atoms with Gasteiger partial charge < -0.3 is 19.8 Å². The van der Waals surface area contributed by atoms with Crippen LogP contribution in [0.15, 0.2) is 48.9 Å². The van der Waals surface area contributed by atoms with Crippen molar-refractivity contribution < 1.29 is 19.1 Å². The third-order valence-corrected chi connectivity index (χ3v) is 7.08. The number of hydrogen-bond donors (Lipinski definition) is 1. The zero-order valence-corrected chi connectivity index (χ0v) is 18.6. The molecule has 160 valence electrons. The molecule has 0 radical (unpaired) electrons. The maximum atomic E-state index is 12.2. The van der Waals surface area contributed by atoms with Crippen LogP contribution in [0.25, 0.3) is 31.0 Å². The molecule has 4 heterocycles. The van der Waals surface area contributed by atoms with Crippen LogP contribution in [-0.4, -0.2) is 26.6 Å². The predicted octanol–water partition coefficient (Wildman–Crippen LogP) is 5.25. The summed E-state index contributed by atoms with van der Waals surface area (Å²) in [7, 11) is 1.95. The van der Waals surface area contributed by atoms with Crippen LogP contribution in [0.5, 0.6) is 11.5 Å². The van der Waals surface area contributed by atoms with Gasteiger partial charge in [0.1, 0.15) is 17.3 Å². The Morgan fingerprint density at radius 3 is 2.69 bits per heavy atom. The topological polar surface area (TPSA) is 109 Å². The van der Waals surface area contributed by atoms with Crippen molar-refractivity contribution in [2.75, 3.05) is 0 Å². The molecule has 2 N–H and O–H groups in total. The summed E-state index contributed by atoms with van der Waals surface area (Å²) < 4.78 is 14.5. The van der Waals surface area contributed by atoms with E-state index in [0.29, 0.717) is 22.4 Å². The van der Waals surface area contributed by atoms with E-state index < -0.39 is 12.1 Å². The third-order valence-electron chi connectivity index (χ3n) is 4.88. The van der Waals surface area contributed by atoms with Crippen molar-refractivity contribution in [2.24, 2.45) is 12.8 Å². The standard InChI is InChI=1S/C22H16N4O4S2/c1-11-18(21(27)30-22(23)28)13-4-3-12(9-16(13)31-11)29-15-5-6-24-14-10-17(32-19(14)15)20-25-7-8-26(20)2/h3-10H,1-2H3,(H2,23,28). The lowest BCUT2D eigenvalue weighted by Crippen LogP contribution is -2.18. The first kappa shape index (κ1) is 20.2. The largest absolute Gasteiger partial charge is 0.456 e. The minimum Gasteiger partial charge on any atom is -0.456 e. The van der Waals surface area contributed by atoms with Gasteiger partial charge in [0, 0.05) is 46.7 Å². The molecule has 0 spiro atoms. The summed E-state index contributed by atoms with van der Waals surface area (Å²) in [6.07, 6.45) is 4.24. The Kier molecular flexibility index (Phi) is 4.87. The molecule has 0 bridgehead atoms. The number of fused-ring (bicyclic) bond motifs is 2. The first-order valence-electron chi connectivity index (χ1n) is 9.49. The van der Waals surface area contributed by atoms with Crippen LogP contribution in [-0.2, 0) is 11.8 Å². The number of imidazole rings is 1. The maximum Gasteiger partial charge on any atom is 0.412 e. The van der Waals surface area contributed by atoms with E-state index in [4.69, 9.17) is 10.5 Å².